The Morgan fingerprint density at radius 3 is 2.18 bits per heavy atom. The first kappa shape index (κ1) is 23.0. The number of hydrogen-bond donors (Lipinski definition) is 1. The molecular formula is C24H23N3O4S2. The second-order valence-corrected chi connectivity index (χ2v) is 10.1. The molecule has 7 nitrogen and oxygen atoms in total. The van der Waals surface area contributed by atoms with Crippen molar-refractivity contribution in [2.24, 2.45) is 0 Å². The van der Waals surface area contributed by atoms with E-state index in [9.17, 15) is 19.5 Å². The molecule has 0 saturated carbocycles. The van der Waals surface area contributed by atoms with Gasteiger partial charge in [-0.25, -0.2) is 9.97 Å². The van der Waals surface area contributed by atoms with Crippen LogP contribution in [0, 0.1) is 20.8 Å². The summed E-state index contributed by atoms with van der Waals surface area (Å²) in [5.41, 5.74) is 2.83. The third kappa shape index (κ3) is 3.91. The highest BCUT2D eigenvalue weighted by molar-refractivity contribution is 7.17. The molecule has 0 fully saturated rings. The molecule has 2 aromatic heterocycles. The molecule has 3 heterocycles. The number of nitrogens with zero attached hydrogens (tertiary/aromatic N) is 3. The third-order valence-corrected chi connectivity index (χ3v) is 7.91. The van der Waals surface area contributed by atoms with E-state index in [2.05, 4.69) is 9.97 Å². The number of thiazole rings is 2. The zero-order chi connectivity index (χ0) is 24.0. The van der Waals surface area contributed by atoms with Crippen molar-refractivity contribution in [3.8, 4) is 0 Å². The first-order chi connectivity index (χ1) is 15.6. The van der Waals surface area contributed by atoms with Crippen molar-refractivity contribution in [3.63, 3.8) is 0 Å². The van der Waals surface area contributed by atoms with Gasteiger partial charge in [0.1, 0.15) is 0 Å². The molecule has 1 amide bonds. The summed E-state index contributed by atoms with van der Waals surface area (Å²) in [6.07, 6.45) is 0.841. The van der Waals surface area contributed by atoms with Crippen LogP contribution in [0.5, 0.6) is 0 Å². The van der Waals surface area contributed by atoms with E-state index in [0.717, 1.165) is 28.3 Å². The molecule has 33 heavy (non-hydrogen) atoms. The number of aliphatic hydroxyl groups excluding tert-OH is 1. The van der Waals surface area contributed by atoms with E-state index in [4.69, 9.17) is 0 Å². The van der Waals surface area contributed by atoms with Gasteiger partial charge in [0.2, 0.25) is 5.78 Å². The summed E-state index contributed by atoms with van der Waals surface area (Å²) in [5, 5.41) is 11.9. The highest BCUT2D eigenvalue weighted by atomic mass is 32.1. The standard InChI is InChI=1S/C24H23N3O4S2/c1-6-15-7-9-16(10-8-15)18-17(19(29)22-12(3)25-14(5)32-22)20(30)23(31)27(18)24-26-11(2)21(33-24)13(4)28/h7-10,18,30H,6H2,1-5H3. The molecule has 9 heteroatoms. The molecular weight excluding hydrogens is 458 g/mol. The highest BCUT2D eigenvalue weighted by Gasteiger charge is 2.46. The lowest BCUT2D eigenvalue weighted by Crippen LogP contribution is -2.31. The number of rotatable bonds is 6. The first-order valence-corrected chi connectivity index (χ1v) is 12.1. The van der Waals surface area contributed by atoms with E-state index in [-0.39, 0.29) is 16.5 Å². The number of anilines is 1. The summed E-state index contributed by atoms with van der Waals surface area (Å²) in [6.45, 7) is 8.72. The Morgan fingerprint density at radius 1 is 1.03 bits per heavy atom. The first-order valence-electron chi connectivity index (χ1n) is 10.5. The zero-order valence-electron chi connectivity index (χ0n) is 18.9. The van der Waals surface area contributed by atoms with Gasteiger partial charge in [-0.05, 0) is 38.3 Å². The largest absolute Gasteiger partial charge is 0.503 e. The Kier molecular flexibility index (Phi) is 6.02. The monoisotopic (exact) mass is 481 g/mol. The maximum Gasteiger partial charge on any atom is 0.296 e. The van der Waals surface area contributed by atoms with E-state index in [1.807, 2.05) is 31.2 Å². The summed E-state index contributed by atoms with van der Waals surface area (Å²) in [7, 11) is 0. The third-order valence-electron chi connectivity index (χ3n) is 5.58. The minimum Gasteiger partial charge on any atom is -0.503 e. The fourth-order valence-electron chi connectivity index (χ4n) is 3.96. The van der Waals surface area contributed by atoms with E-state index < -0.39 is 23.5 Å². The molecule has 0 aliphatic carbocycles. The van der Waals surface area contributed by atoms with Crippen LogP contribution in [0.15, 0.2) is 35.6 Å². The molecule has 0 spiro atoms. The van der Waals surface area contributed by atoms with Gasteiger partial charge in [-0.15, -0.1) is 11.3 Å². The Hall–Kier alpha value is -3.17. The van der Waals surface area contributed by atoms with Crippen LogP contribution < -0.4 is 4.90 Å². The van der Waals surface area contributed by atoms with Crippen LogP contribution in [-0.2, 0) is 11.2 Å². The number of amides is 1. The molecule has 170 valence electrons. The number of hydrogen-bond acceptors (Lipinski definition) is 8. The molecule has 1 unspecified atom stereocenters. The SMILES string of the molecule is CCc1ccc(C2C(C(=O)c3sc(C)nc3C)=C(O)C(=O)N2c2nc(C)c(C(C)=O)s2)cc1. The Morgan fingerprint density at radius 2 is 1.67 bits per heavy atom. The van der Waals surface area contributed by atoms with Crippen molar-refractivity contribution in [2.45, 2.75) is 47.1 Å². The summed E-state index contributed by atoms with van der Waals surface area (Å²) in [6, 6.07) is 6.71. The number of ketones is 2. The molecule has 4 rings (SSSR count). The van der Waals surface area contributed by atoms with Crippen molar-refractivity contribution < 1.29 is 19.5 Å². The predicted octanol–water partition coefficient (Wildman–Crippen LogP) is 5.07. The zero-order valence-corrected chi connectivity index (χ0v) is 20.6. The van der Waals surface area contributed by atoms with Gasteiger partial charge < -0.3 is 5.11 Å². The number of aryl methyl sites for hydroxylation is 4. The van der Waals surface area contributed by atoms with E-state index in [0.29, 0.717) is 26.7 Å². The molecule has 1 N–H and O–H groups in total. The number of benzene rings is 1. The number of aromatic nitrogens is 2. The van der Waals surface area contributed by atoms with Crippen molar-refractivity contribution in [1.82, 2.24) is 9.97 Å². The molecule has 0 saturated heterocycles. The maximum absolute atomic E-state index is 13.6. The minimum absolute atomic E-state index is 0.00627. The second kappa shape index (κ2) is 8.64. The molecule has 0 radical (unpaired) electrons. The van der Waals surface area contributed by atoms with Crippen LogP contribution >= 0.6 is 22.7 Å². The average molecular weight is 482 g/mol. The van der Waals surface area contributed by atoms with Gasteiger partial charge in [0.25, 0.3) is 5.91 Å². The fourth-order valence-corrected chi connectivity index (χ4v) is 5.82. The molecule has 1 atom stereocenters. The van der Waals surface area contributed by atoms with Gasteiger partial charge in [0.15, 0.2) is 16.7 Å². The highest BCUT2D eigenvalue weighted by Crippen LogP contribution is 2.44. The topological polar surface area (TPSA) is 100 Å². The van der Waals surface area contributed by atoms with Gasteiger partial charge in [-0.3, -0.25) is 19.3 Å². The van der Waals surface area contributed by atoms with Crippen molar-refractivity contribution in [2.75, 3.05) is 4.90 Å². The summed E-state index contributed by atoms with van der Waals surface area (Å²) in [4.78, 5) is 49.8. The predicted molar refractivity (Wildman–Crippen MR) is 128 cm³/mol. The lowest BCUT2D eigenvalue weighted by Gasteiger charge is -2.24. The van der Waals surface area contributed by atoms with Crippen molar-refractivity contribution in [1.29, 1.82) is 0 Å². The Labute approximate surface area is 199 Å². The average Bonchev–Trinajstić information content (AvgIpc) is 3.41. The van der Waals surface area contributed by atoms with Crippen molar-refractivity contribution in [3.05, 3.63) is 72.9 Å². The van der Waals surface area contributed by atoms with Gasteiger partial charge in [0, 0.05) is 6.92 Å². The molecule has 1 aliphatic heterocycles. The van der Waals surface area contributed by atoms with Crippen molar-refractivity contribution >= 4 is 45.3 Å². The number of Topliss-reactive ketones (excluding diaryl/α,β-unsaturated/α-hetero) is 2. The van der Waals surface area contributed by atoms with Gasteiger partial charge in [-0.1, -0.05) is 42.5 Å². The summed E-state index contributed by atoms with van der Waals surface area (Å²) < 4.78 is 0. The van der Waals surface area contributed by atoms with E-state index >= 15 is 0 Å². The van der Waals surface area contributed by atoms with Crippen LogP contribution in [0.4, 0.5) is 5.13 Å². The van der Waals surface area contributed by atoms with Gasteiger partial charge in [-0.2, -0.15) is 0 Å². The van der Waals surface area contributed by atoms with E-state index in [1.165, 1.54) is 23.2 Å². The van der Waals surface area contributed by atoms with Gasteiger partial charge >= 0.3 is 0 Å². The van der Waals surface area contributed by atoms with Gasteiger partial charge in [0.05, 0.1) is 37.8 Å². The number of aliphatic hydroxyl groups is 1. The second-order valence-electron chi connectivity index (χ2n) is 7.88. The van der Waals surface area contributed by atoms with Crippen LogP contribution in [0.3, 0.4) is 0 Å². The molecule has 1 aliphatic rings. The normalized spacial score (nSPS) is 16.1. The van der Waals surface area contributed by atoms with Crippen LogP contribution in [-0.4, -0.2) is 32.5 Å². The summed E-state index contributed by atoms with van der Waals surface area (Å²) in [5.74, 6) is -1.91. The van der Waals surface area contributed by atoms with Crippen LogP contribution in [0.1, 0.15) is 66.8 Å². The lowest BCUT2D eigenvalue weighted by molar-refractivity contribution is -0.117. The minimum atomic E-state index is -0.872. The smallest absolute Gasteiger partial charge is 0.296 e. The molecule has 0 bridgehead atoms. The molecule has 1 aromatic carbocycles. The Balaban J connectivity index is 1.89. The lowest BCUT2D eigenvalue weighted by atomic mass is 9.94. The summed E-state index contributed by atoms with van der Waals surface area (Å²) >= 11 is 2.31. The number of carbonyl (C=O) groups excluding carboxylic acids is 3. The van der Waals surface area contributed by atoms with E-state index in [1.54, 1.807) is 20.8 Å². The fraction of sp³-hybridized carbons (Fsp3) is 0.292. The number of carbonyl (C=O) groups is 3. The maximum atomic E-state index is 13.6. The Bertz CT molecular complexity index is 1320. The van der Waals surface area contributed by atoms with Crippen LogP contribution in [0.25, 0.3) is 0 Å². The molecule has 3 aromatic rings. The van der Waals surface area contributed by atoms with Crippen LogP contribution in [0.2, 0.25) is 0 Å². The quantitative estimate of drug-likeness (QED) is 0.493.